The van der Waals surface area contributed by atoms with Gasteiger partial charge in [-0.05, 0) is 51.0 Å². The molecular formula is C22H32IN3O2. The number of ether oxygens (including phenoxy) is 1. The largest absolute Gasteiger partial charge is 0.491 e. The SMILES string of the molecule is CCNC(=NCc1ccc(OC(C)C)cc1)NCC(C)(O)c1ccccc1.I. The van der Waals surface area contributed by atoms with E-state index < -0.39 is 5.60 Å². The minimum atomic E-state index is -0.979. The van der Waals surface area contributed by atoms with Gasteiger partial charge in [-0.3, -0.25) is 0 Å². The molecular weight excluding hydrogens is 465 g/mol. The van der Waals surface area contributed by atoms with E-state index in [1.807, 2.05) is 75.4 Å². The molecule has 0 spiro atoms. The van der Waals surface area contributed by atoms with Gasteiger partial charge in [0.05, 0.1) is 19.2 Å². The molecule has 0 heterocycles. The Kier molecular flexibility index (Phi) is 10.3. The molecule has 0 aliphatic carbocycles. The molecule has 2 rings (SSSR count). The maximum atomic E-state index is 10.7. The van der Waals surface area contributed by atoms with Crippen molar-refractivity contribution in [1.82, 2.24) is 10.6 Å². The Bertz CT molecular complexity index is 716. The summed E-state index contributed by atoms with van der Waals surface area (Å²) in [6.07, 6.45) is 0.163. The maximum absolute atomic E-state index is 10.7. The third kappa shape index (κ3) is 8.06. The van der Waals surface area contributed by atoms with E-state index in [4.69, 9.17) is 4.74 Å². The molecule has 0 aliphatic heterocycles. The zero-order valence-corrected chi connectivity index (χ0v) is 19.4. The third-order valence-electron chi connectivity index (χ3n) is 4.05. The van der Waals surface area contributed by atoms with Gasteiger partial charge in [0.1, 0.15) is 11.4 Å². The average molecular weight is 497 g/mol. The lowest BCUT2D eigenvalue weighted by atomic mass is 9.96. The predicted molar refractivity (Wildman–Crippen MR) is 126 cm³/mol. The lowest BCUT2D eigenvalue weighted by Gasteiger charge is -2.25. The Morgan fingerprint density at radius 1 is 1.07 bits per heavy atom. The second-order valence-corrected chi connectivity index (χ2v) is 7.00. The van der Waals surface area contributed by atoms with E-state index in [1.165, 1.54) is 0 Å². The lowest BCUT2D eigenvalue weighted by Crippen LogP contribution is -2.44. The van der Waals surface area contributed by atoms with E-state index in [0.717, 1.165) is 23.4 Å². The summed E-state index contributed by atoms with van der Waals surface area (Å²) < 4.78 is 5.66. The standard InChI is InChI=1S/C22H31N3O2.HI/c1-5-23-21(25-16-22(4,26)19-9-7-6-8-10-19)24-15-18-11-13-20(14-12-18)27-17(2)3;/h6-14,17,26H,5,15-16H2,1-4H3,(H2,23,24,25);1H. The number of rotatable bonds is 8. The Hall–Kier alpha value is -1.80. The van der Waals surface area contributed by atoms with E-state index in [2.05, 4.69) is 15.6 Å². The van der Waals surface area contributed by atoms with Crippen molar-refractivity contribution in [2.24, 2.45) is 4.99 Å². The van der Waals surface area contributed by atoms with Crippen LogP contribution in [0.25, 0.3) is 0 Å². The number of nitrogens with one attached hydrogen (secondary N) is 2. The molecule has 28 heavy (non-hydrogen) atoms. The number of benzene rings is 2. The van der Waals surface area contributed by atoms with Crippen molar-refractivity contribution >= 4 is 29.9 Å². The highest BCUT2D eigenvalue weighted by Crippen LogP contribution is 2.19. The number of hydrogen-bond acceptors (Lipinski definition) is 3. The van der Waals surface area contributed by atoms with Crippen LogP contribution < -0.4 is 15.4 Å². The molecule has 0 amide bonds. The number of aliphatic imine (C=N–C) groups is 1. The van der Waals surface area contributed by atoms with Gasteiger partial charge in [-0.15, -0.1) is 24.0 Å². The van der Waals surface area contributed by atoms with Gasteiger partial charge in [0.25, 0.3) is 0 Å². The number of nitrogens with zero attached hydrogens (tertiary/aromatic N) is 1. The molecule has 1 unspecified atom stereocenters. The highest BCUT2D eigenvalue weighted by atomic mass is 127. The predicted octanol–water partition coefficient (Wildman–Crippen LogP) is 4.05. The van der Waals surface area contributed by atoms with Crippen molar-refractivity contribution in [3.05, 3.63) is 65.7 Å². The molecule has 6 heteroatoms. The van der Waals surface area contributed by atoms with Crippen molar-refractivity contribution in [2.75, 3.05) is 13.1 Å². The summed E-state index contributed by atoms with van der Waals surface area (Å²) in [5.41, 5.74) is 0.986. The van der Waals surface area contributed by atoms with Gasteiger partial charge >= 0.3 is 0 Å². The lowest BCUT2D eigenvalue weighted by molar-refractivity contribution is 0.0617. The summed E-state index contributed by atoms with van der Waals surface area (Å²) in [7, 11) is 0. The van der Waals surface area contributed by atoms with Crippen molar-refractivity contribution in [3.8, 4) is 5.75 Å². The Balaban J connectivity index is 0.00000392. The molecule has 5 nitrogen and oxygen atoms in total. The first-order valence-electron chi connectivity index (χ1n) is 9.46. The molecule has 0 bridgehead atoms. The molecule has 0 aliphatic rings. The van der Waals surface area contributed by atoms with Crippen LogP contribution in [0.2, 0.25) is 0 Å². The third-order valence-corrected chi connectivity index (χ3v) is 4.05. The fourth-order valence-corrected chi connectivity index (χ4v) is 2.61. The number of hydrogen-bond donors (Lipinski definition) is 3. The molecule has 154 valence electrons. The molecule has 1 atom stereocenters. The van der Waals surface area contributed by atoms with Gasteiger partial charge in [0.2, 0.25) is 0 Å². The average Bonchev–Trinajstić information content (AvgIpc) is 2.65. The quantitative estimate of drug-likeness (QED) is 0.293. The Morgan fingerprint density at radius 3 is 2.29 bits per heavy atom. The smallest absolute Gasteiger partial charge is 0.191 e. The van der Waals surface area contributed by atoms with E-state index in [1.54, 1.807) is 6.92 Å². The summed E-state index contributed by atoms with van der Waals surface area (Å²) in [6.45, 7) is 9.50. The monoisotopic (exact) mass is 497 g/mol. The van der Waals surface area contributed by atoms with Crippen LogP contribution in [0.5, 0.6) is 5.75 Å². The summed E-state index contributed by atoms with van der Waals surface area (Å²) in [5, 5.41) is 17.2. The van der Waals surface area contributed by atoms with E-state index in [9.17, 15) is 5.11 Å². The topological polar surface area (TPSA) is 65.9 Å². The molecule has 3 N–H and O–H groups in total. The van der Waals surface area contributed by atoms with Gasteiger partial charge < -0.3 is 20.5 Å². The number of guanidine groups is 1. The van der Waals surface area contributed by atoms with E-state index in [-0.39, 0.29) is 30.1 Å². The fraction of sp³-hybridized carbons (Fsp3) is 0.409. The minimum absolute atomic E-state index is 0. The molecule has 0 fully saturated rings. The minimum Gasteiger partial charge on any atom is -0.491 e. The van der Waals surface area contributed by atoms with Gasteiger partial charge in [-0.2, -0.15) is 0 Å². The molecule has 0 aromatic heterocycles. The zero-order chi connectivity index (χ0) is 19.7. The fourth-order valence-electron chi connectivity index (χ4n) is 2.61. The van der Waals surface area contributed by atoms with Crippen LogP contribution in [0, 0.1) is 0 Å². The zero-order valence-electron chi connectivity index (χ0n) is 17.1. The first-order chi connectivity index (χ1) is 12.9. The molecule has 0 radical (unpaired) electrons. The summed E-state index contributed by atoms with van der Waals surface area (Å²) in [5.74, 6) is 1.54. The normalized spacial score (nSPS) is 13.4. The molecule has 0 saturated carbocycles. The van der Waals surface area contributed by atoms with Crippen molar-refractivity contribution in [3.63, 3.8) is 0 Å². The highest BCUT2D eigenvalue weighted by Gasteiger charge is 2.22. The highest BCUT2D eigenvalue weighted by molar-refractivity contribution is 14.0. The Labute approximate surface area is 185 Å². The van der Waals surface area contributed by atoms with Crippen LogP contribution in [0.3, 0.4) is 0 Å². The molecule has 2 aromatic rings. The van der Waals surface area contributed by atoms with Gasteiger partial charge in [0, 0.05) is 6.54 Å². The van der Waals surface area contributed by atoms with Gasteiger partial charge in [-0.1, -0.05) is 42.5 Å². The Morgan fingerprint density at radius 2 is 1.71 bits per heavy atom. The summed E-state index contributed by atoms with van der Waals surface area (Å²) in [6, 6.07) is 17.6. The van der Waals surface area contributed by atoms with Crippen molar-refractivity contribution < 1.29 is 9.84 Å². The van der Waals surface area contributed by atoms with Crippen molar-refractivity contribution in [2.45, 2.75) is 45.9 Å². The van der Waals surface area contributed by atoms with Crippen LogP contribution in [0.4, 0.5) is 0 Å². The van der Waals surface area contributed by atoms with Crippen LogP contribution in [0.1, 0.15) is 38.8 Å². The number of aliphatic hydroxyl groups is 1. The first-order valence-corrected chi connectivity index (χ1v) is 9.46. The van der Waals surface area contributed by atoms with Crippen LogP contribution in [-0.2, 0) is 12.1 Å². The second-order valence-electron chi connectivity index (χ2n) is 7.00. The molecule has 2 aromatic carbocycles. The second kappa shape index (κ2) is 11.9. The van der Waals surface area contributed by atoms with Crippen LogP contribution in [0.15, 0.2) is 59.6 Å². The first kappa shape index (κ1) is 24.2. The van der Waals surface area contributed by atoms with E-state index in [0.29, 0.717) is 19.0 Å². The van der Waals surface area contributed by atoms with Gasteiger partial charge in [-0.25, -0.2) is 4.99 Å². The van der Waals surface area contributed by atoms with Crippen molar-refractivity contribution in [1.29, 1.82) is 0 Å². The maximum Gasteiger partial charge on any atom is 0.191 e. The summed E-state index contributed by atoms with van der Waals surface area (Å²) in [4.78, 5) is 4.61. The van der Waals surface area contributed by atoms with Crippen LogP contribution in [-0.4, -0.2) is 30.3 Å². The van der Waals surface area contributed by atoms with E-state index >= 15 is 0 Å². The van der Waals surface area contributed by atoms with Gasteiger partial charge in [0.15, 0.2) is 5.96 Å². The summed E-state index contributed by atoms with van der Waals surface area (Å²) >= 11 is 0. The van der Waals surface area contributed by atoms with Crippen LogP contribution >= 0.6 is 24.0 Å². The molecule has 0 saturated heterocycles. The number of halogens is 1.